The van der Waals surface area contributed by atoms with Crippen molar-refractivity contribution >= 4 is 5.97 Å². The molecule has 0 saturated carbocycles. The normalized spacial score (nSPS) is 15.6. The molecule has 1 rings (SSSR count). The van der Waals surface area contributed by atoms with Gasteiger partial charge in [0, 0.05) is 0 Å². The summed E-state index contributed by atoms with van der Waals surface area (Å²) < 4.78 is 40.1. The Balaban J connectivity index is 3.20. The van der Waals surface area contributed by atoms with E-state index in [1.807, 2.05) is 0 Å². The maximum Gasteiger partial charge on any atom is 0.379 e. The number of benzene rings is 1. The fourth-order valence-corrected chi connectivity index (χ4v) is 1.25. The molecule has 1 aromatic carbocycles. The standard InChI is InChI=1S/C11H11F3O2/c1-7-3-5-8(6-4-7)10(2,12)11(13,14)9(15)16/h3-6H,1-2H3,(H,15,16). The molecule has 0 spiro atoms. The quantitative estimate of drug-likeness (QED) is 0.869. The Kier molecular flexibility index (Phi) is 2.99. The van der Waals surface area contributed by atoms with Gasteiger partial charge in [0.25, 0.3) is 0 Å². The van der Waals surface area contributed by atoms with Gasteiger partial charge in [-0.2, -0.15) is 8.78 Å². The number of aliphatic carboxylic acids is 1. The van der Waals surface area contributed by atoms with E-state index in [0.29, 0.717) is 6.92 Å². The highest BCUT2D eigenvalue weighted by atomic mass is 19.3. The Labute approximate surface area is 90.7 Å². The Morgan fingerprint density at radius 2 is 1.62 bits per heavy atom. The van der Waals surface area contributed by atoms with Crippen molar-refractivity contribution in [3.8, 4) is 0 Å². The number of aryl methyl sites for hydroxylation is 1. The van der Waals surface area contributed by atoms with Crippen LogP contribution < -0.4 is 0 Å². The summed E-state index contributed by atoms with van der Waals surface area (Å²) in [7, 11) is 0. The van der Waals surface area contributed by atoms with Crippen LogP contribution in [0.25, 0.3) is 0 Å². The largest absolute Gasteiger partial charge is 0.477 e. The van der Waals surface area contributed by atoms with Crippen molar-refractivity contribution in [1.82, 2.24) is 0 Å². The highest BCUT2D eigenvalue weighted by molar-refractivity contribution is 5.77. The topological polar surface area (TPSA) is 37.3 Å². The highest BCUT2D eigenvalue weighted by Gasteiger charge is 2.58. The van der Waals surface area contributed by atoms with E-state index in [9.17, 15) is 18.0 Å². The predicted octanol–water partition coefficient (Wildman–Crippen LogP) is 2.90. The lowest BCUT2D eigenvalue weighted by Crippen LogP contribution is -2.45. The second-order valence-corrected chi connectivity index (χ2v) is 3.75. The highest BCUT2D eigenvalue weighted by Crippen LogP contribution is 2.41. The number of carbonyl (C=O) groups is 1. The minimum atomic E-state index is -4.46. The number of rotatable bonds is 3. The van der Waals surface area contributed by atoms with Crippen molar-refractivity contribution in [1.29, 1.82) is 0 Å². The van der Waals surface area contributed by atoms with Crippen LogP contribution in [0, 0.1) is 6.92 Å². The lowest BCUT2D eigenvalue weighted by molar-refractivity contribution is -0.190. The van der Waals surface area contributed by atoms with Crippen LogP contribution in [0.3, 0.4) is 0 Å². The van der Waals surface area contributed by atoms with E-state index < -0.39 is 17.6 Å². The van der Waals surface area contributed by atoms with Gasteiger partial charge in [-0.3, -0.25) is 0 Å². The van der Waals surface area contributed by atoms with Gasteiger partial charge in [-0.05, 0) is 19.4 Å². The third kappa shape index (κ3) is 1.89. The fourth-order valence-electron chi connectivity index (χ4n) is 1.25. The van der Waals surface area contributed by atoms with Gasteiger partial charge in [0.1, 0.15) is 0 Å². The maximum absolute atomic E-state index is 13.9. The van der Waals surface area contributed by atoms with Gasteiger partial charge >= 0.3 is 11.9 Å². The summed E-state index contributed by atoms with van der Waals surface area (Å²) in [4.78, 5) is 10.3. The Bertz CT molecular complexity index is 396. The summed E-state index contributed by atoms with van der Waals surface area (Å²) in [5, 5.41) is 8.30. The molecule has 0 heterocycles. The van der Waals surface area contributed by atoms with Gasteiger partial charge in [0.2, 0.25) is 5.67 Å². The van der Waals surface area contributed by atoms with Crippen LogP contribution in [-0.4, -0.2) is 17.0 Å². The molecule has 5 heteroatoms. The van der Waals surface area contributed by atoms with Crippen LogP contribution in [-0.2, 0) is 10.5 Å². The second-order valence-electron chi connectivity index (χ2n) is 3.75. The van der Waals surface area contributed by atoms with Crippen LogP contribution in [0.2, 0.25) is 0 Å². The molecular formula is C11H11F3O2. The predicted molar refractivity (Wildman–Crippen MR) is 52.2 cm³/mol. The van der Waals surface area contributed by atoms with E-state index in [0.717, 1.165) is 17.7 Å². The molecule has 0 aromatic heterocycles. The van der Waals surface area contributed by atoms with Gasteiger partial charge in [0.05, 0.1) is 0 Å². The van der Waals surface area contributed by atoms with Crippen molar-refractivity contribution in [3.63, 3.8) is 0 Å². The maximum atomic E-state index is 13.9. The van der Waals surface area contributed by atoms with E-state index in [1.54, 1.807) is 6.92 Å². The molecule has 2 nitrogen and oxygen atoms in total. The molecule has 0 aliphatic heterocycles. The summed E-state index contributed by atoms with van der Waals surface area (Å²) in [5.74, 6) is -6.93. The monoisotopic (exact) mass is 232 g/mol. The van der Waals surface area contributed by atoms with Crippen molar-refractivity contribution < 1.29 is 23.1 Å². The van der Waals surface area contributed by atoms with Crippen LogP contribution in [0.5, 0.6) is 0 Å². The van der Waals surface area contributed by atoms with Gasteiger partial charge < -0.3 is 5.11 Å². The molecule has 0 aliphatic carbocycles. The minimum Gasteiger partial charge on any atom is -0.477 e. The van der Waals surface area contributed by atoms with Crippen molar-refractivity contribution in [2.75, 3.05) is 0 Å². The van der Waals surface area contributed by atoms with Gasteiger partial charge in [-0.25, -0.2) is 9.18 Å². The Morgan fingerprint density at radius 1 is 1.19 bits per heavy atom. The molecule has 1 N–H and O–H groups in total. The molecule has 1 unspecified atom stereocenters. The summed E-state index contributed by atoms with van der Waals surface area (Å²) in [6.07, 6.45) is 0. The van der Waals surface area contributed by atoms with Gasteiger partial charge in [-0.15, -0.1) is 0 Å². The first-order valence-electron chi connectivity index (χ1n) is 4.57. The molecule has 0 aliphatic rings. The van der Waals surface area contributed by atoms with Crippen molar-refractivity contribution in [2.24, 2.45) is 0 Å². The van der Waals surface area contributed by atoms with E-state index in [1.165, 1.54) is 12.1 Å². The first kappa shape index (κ1) is 12.5. The lowest BCUT2D eigenvalue weighted by atomic mass is 9.90. The number of halogens is 3. The molecule has 88 valence electrons. The molecule has 0 amide bonds. The number of carboxylic acid groups (broad SMARTS) is 1. The zero-order chi connectivity index (χ0) is 12.6. The second kappa shape index (κ2) is 3.81. The third-order valence-electron chi connectivity index (χ3n) is 2.45. The zero-order valence-electron chi connectivity index (χ0n) is 8.80. The SMILES string of the molecule is Cc1ccc(C(C)(F)C(F)(F)C(=O)O)cc1. The van der Waals surface area contributed by atoms with Crippen LogP contribution in [0.4, 0.5) is 13.2 Å². The molecule has 0 fully saturated rings. The van der Waals surface area contributed by atoms with Crippen LogP contribution >= 0.6 is 0 Å². The summed E-state index contributed by atoms with van der Waals surface area (Å²) >= 11 is 0. The van der Waals surface area contributed by atoms with Crippen LogP contribution in [0.15, 0.2) is 24.3 Å². The molecule has 0 saturated heterocycles. The number of hydrogen-bond donors (Lipinski definition) is 1. The first-order chi connectivity index (χ1) is 7.19. The van der Waals surface area contributed by atoms with E-state index >= 15 is 0 Å². The third-order valence-corrected chi connectivity index (χ3v) is 2.45. The molecule has 1 atom stereocenters. The molecular weight excluding hydrogens is 221 g/mol. The molecule has 1 aromatic rings. The Morgan fingerprint density at radius 3 is 2.00 bits per heavy atom. The van der Waals surface area contributed by atoms with Crippen molar-refractivity contribution in [3.05, 3.63) is 35.4 Å². The lowest BCUT2D eigenvalue weighted by Gasteiger charge is -2.27. The van der Waals surface area contributed by atoms with Crippen molar-refractivity contribution in [2.45, 2.75) is 25.4 Å². The summed E-state index contributed by atoms with van der Waals surface area (Å²) in [6.45, 7) is 2.28. The first-order valence-corrected chi connectivity index (χ1v) is 4.57. The number of alkyl halides is 3. The summed E-state index contributed by atoms with van der Waals surface area (Å²) in [5.41, 5.74) is -2.81. The van der Waals surface area contributed by atoms with Gasteiger partial charge in [0.15, 0.2) is 0 Å². The fraction of sp³-hybridized carbons (Fsp3) is 0.364. The van der Waals surface area contributed by atoms with Gasteiger partial charge in [-0.1, -0.05) is 29.8 Å². The average Bonchev–Trinajstić information content (AvgIpc) is 2.17. The van der Waals surface area contributed by atoms with E-state index in [2.05, 4.69) is 0 Å². The zero-order valence-corrected chi connectivity index (χ0v) is 8.80. The van der Waals surface area contributed by atoms with Crippen LogP contribution in [0.1, 0.15) is 18.1 Å². The molecule has 16 heavy (non-hydrogen) atoms. The number of hydrogen-bond acceptors (Lipinski definition) is 1. The number of carboxylic acids is 1. The molecule has 0 radical (unpaired) electrons. The average molecular weight is 232 g/mol. The Hall–Kier alpha value is -1.52. The smallest absolute Gasteiger partial charge is 0.379 e. The molecule has 0 bridgehead atoms. The van der Waals surface area contributed by atoms with E-state index in [-0.39, 0.29) is 5.56 Å². The summed E-state index contributed by atoms with van der Waals surface area (Å²) in [6, 6.07) is 5.22. The minimum absolute atomic E-state index is 0.356. The van der Waals surface area contributed by atoms with E-state index in [4.69, 9.17) is 5.11 Å².